The minimum atomic E-state index is -3.20. The van der Waals surface area contributed by atoms with E-state index < -0.39 is 52.8 Å². The van der Waals surface area contributed by atoms with Gasteiger partial charge in [0.25, 0.3) is 8.32 Å². The van der Waals surface area contributed by atoms with Gasteiger partial charge in [-0.05, 0) is 78.6 Å². The third-order valence-electron chi connectivity index (χ3n) is 12.1. The van der Waals surface area contributed by atoms with Crippen molar-refractivity contribution in [3.63, 3.8) is 0 Å². The minimum Gasteiger partial charge on any atom is -0.462 e. The third kappa shape index (κ3) is 10.7. The molecule has 3 aromatic rings. The highest BCUT2D eigenvalue weighted by molar-refractivity contribution is 6.99. The number of benzene rings is 3. The van der Waals surface area contributed by atoms with E-state index in [2.05, 4.69) is 127 Å². The molecule has 7 nitrogen and oxygen atoms in total. The first-order valence-corrected chi connectivity index (χ1v) is 25.7. The number of carbonyl (C=O) groups is 1. The Morgan fingerprint density at radius 2 is 1.18 bits per heavy atom. The molecule has 0 aromatic heterocycles. The van der Waals surface area contributed by atoms with Gasteiger partial charge in [-0.1, -0.05) is 152 Å². The van der Waals surface area contributed by atoms with Gasteiger partial charge < -0.3 is 27.8 Å². The van der Waals surface area contributed by atoms with Crippen molar-refractivity contribution in [2.45, 2.75) is 155 Å². The molecule has 1 heterocycles. The summed E-state index contributed by atoms with van der Waals surface area (Å²) in [7, 11) is -5.72. The van der Waals surface area contributed by atoms with Gasteiger partial charge in [-0.2, -0.15) is 0 Å². The van der Waals surface area contributed by atoms with Gasteiger partial charge in [0.05, 0.1) is 18.6 Å². The van der Waals surface area contributed by atoms with Gasteiger partial charge in [0.2, 0.25) is 0 Å². The fourth-order valence-electron chi connectivity index (χ4n) is 7.74. The molecule has 1 saturated heterocycles. The number of hydrogen-bond acceptors (Lipinski definition) is 7. The van der Waals surface area contributed by atoms with Crippen LogP contribution in [0.5, 0.6) is 0 Å². The highest BCUT2D eigenvalue weighted by Gasteiger charge is 2.59. The molecule has 0 unspecified atom stereocenters. The third-order valence-corrected chi connectivity index (χ3v) is 21.6. The molecule has 3 aromatic carbocycles. The quantitative estimate of drug-likeness (QED) is 0.119. The standard InChI is InChI=1S/C47H70O7Si2/c1-45(2,3)44(48)51-34-39-40(54-56(47(7,8)9,37-28-20-14-21-29-37)38-30-22-15-23-31-38)41(53-55(10,11)46(4,5)6)42(49-32-35-24-16-12-17-25-35)43(52-39)50-33-36-26-18-13-19-27-36/h12,14-17,20-25,28-31,36,39-43H,13,18-19,26-27,32-34H2,1-11H3/t39-,40-,41+,42+,43+/m1/s1. The summed E-state index contributed by atoms with van der Waals surface area (Å²) in [4.78, 5) is 13.5. The monoisotopic (exact) mass is 802 g/mol. The zero-order valence-electron chi connectivity index (χ0n) is 36.1. The van der Waals surface area contributed by atoms with Gasteiger partial charge in [0.15, 0.2) is 14.6 Å². The molecule has 0 N–H and O–H groups in total. The fourth-order valence-corrected chi connectivity index (χ4v) is 13.7. The summed E-state index contributed by atoms with van der Waals surface area (Å²) in [6.45, 7) is 24.7. The summed E-state index contributed by atoms with van der Waals surface area (Å²) >= 11 is 0. The Bertz CT molecular complexity index is 1600. The maximum Gasteiger partial charge on any atom is 0.311 e. The molecule has 1 saturated carbocycles. The van der Waals surface area contributed by atoms with E-state index in [-0.39, 0.29) is 22.7 Å². The van der Waals surface area contributed by atoms with Crippen molar-refractivity contribution in [2.24, 2.45) is 11.3 Å². The van der Waals surface area contributed by atoms with Crippen LogP contribution in [-0.4, -0.2) is 66.5 Å². The van der Waals surface area contributed by atoms with Crippen molar-refractivity contribution in [3.8, 4) is 0 Å². The summed E-state index contributed by atoms with van der Waals surface area (Å²) < 4.78 is 42.9. The highest BCUT2D eigenvalue weighted by atomic mass is 28.4. The van der Waals surface area contributed by atoms with Gasteiger partial charge >= 0.3 is 5.97 Å². The average molecular weight is 803 g/mol. The van der Waals surface area contributed by atoms with Crippen LogP contribution in [0.3, 0.4) is 0 Å². The Morgan fingerprint density at radius 3 is 1.68 bits per heavy atom. The van der Waals surface area contributed by atoms with Crippen molar-refractivity contribution in [1.82, 2.24) is 0 Å². The summed E-state index contributed by atoms with van der Waals surface area (Å²) in [5, 5.41) is 1.84. The number of rotatable bonds is 14. The predicted molar refractivity (Wildman–Crippen MR) is 231 cm³/mol. The minimum absolute atomic E-state index is 0.00890. The molecule has 308 valence electrons. The Kier molecular flexibility index (Phi) is 14.7. The lowest BCUT2D eigenvalue weighted by Gasteiger charge is -2.54. The maximum absolute atomic E-state index is 13.5. The number of hydrogen-bond donors (Lipinski definition) is 0. The van der Waals surface area contributed by atoms with Gasteiger partial charge in [-0.3, -0.25) is 4.79 Å². The van der Waals surface area contributed by atoms with E-state index in [1.54, 1.807) is 0 Å². The first kappa shape index (κ1) is 44.5. The molecule has 0 bridgehead atoms. The van der Waals surface area contributed by atoms with Gasteiger partial charge in [-0.15, -0.1) is 0 Å². The van der Waals surface area contributed by atoms with E-state index in [9.17, 15) is 4.79 Å². The van der Waals surface area contributed by atoms with Gasteiger partial charge in [0, 0.05) is 0 Å². The second kappa shape index (κ2) is 18.5. The lowest BCUT2D eigenvalue weighted by molar-refractivity contribution is -0.309. The average Bonchev–Trinajstić information content (AvgIpc) is 3.15. The van der Waals surface area contributed by atoms with E-state index in [1.165, 1.54) is 19.3 Å². The molecule has 1 aliphatic carbocycles. The molecule has 9 heteroatoms. The van der Waals surface area contributed by atoms with Crippen molar-refractivity contribution in [3.05, 3.63) is 96.6 Å². The number of ether oxygens (including phenoxy) is 4. The molecule has 56 heavy (non-hydrogen) atoms. The normalized spacial score (nSPS) is 23.2. The smallest absolute Gasteiger partial charge is 0.311 e. The topological polar surface area (TPSA) is 72.5 Å². The van der Waals surface area contributed by atoms with Gasteiger partial charge in [-0.25, -0.2) is 0 Å². The molecular formula is C47H70O7Si2. The van der Waals surface area contributed by atoms with E-state index in [0.29, 0.717) is 19.1 Å². The van der Waals surface area contributed by atoms with Crippen LogP contribution in [0.1, 0.15) is 100.0 Å². The van der Waals surface area contributed by atoms with Crippen LogP contribution in [-0.2, 0) is 39.2 Å². The molecule has 2 aliphatic rings. The van der Waals surface area contributed by atoms with Crippen molar-refractivity contribution < 1.29 is 32.6 Å². The zero-order chi connectivity index (χ0) is 40.8. The van der Waals surface area contributed by atoms with Crippen molar-refractivity contribution >= 4 is 33.0 Å². The van der Waals surface area contributed by atoms with Crippen molar-refractivity contribution in [1.29, 1.82) is 0 Å². The maximum atomic E-state index is 13.5. The van der Waals surface area contributed by atoms with Crippen LogP contribution in [0.15, 0.2) is 91.0 Å². The van der Waals surface area contributed by atoms with E-state index in [1.807, 2.05) is 39.0 Å². The largest absolute Gasteiger partial charge is 0.462 e. The van der Waals surface area contributed by atoms with E-state index >= 15 is 0 Å². The molecule has 0 spiro atoms. The second-order valence-corrected chi connectivity index (χ2v) is 28.6. The number of carbonyl (C=O) groups excluding carboxylic acids is 1. The van der Waals surface area contributed by atoms with Crippen LogP contribution in [0.4, 0.5) is 0 Å². The van der Waals surface area contributed by atoms with Crippen LogP contribution in [0.25, 0.3) is 0 Å². The van der Waals surface area contributed by atoms with Crippen LogP contribution in [0, 0.1) is 11.3 Å². The first-order valence-electron chi connectivity index (χ1n) is 20.9. The van der Waals surface area contributed by atoms with Crippen LogP contribution < -0.4 is 10.4 Å². The van der Waals surface area contributed by atoms with Crippen molar-refractivity contribution in [2.75, 3.05) is 13.2 Å². The Hall–Kier alpha value is -2.64. The lowest BCUT2D eigenvalue weighted by Crippen LogP contribution is -2.73. The SMILES string of the molecule is CC(C)(C)C(=O)OC[C@H]1O[C@H](OCC2CCCCC2)[C@@H](OCc2ccccc2)[C@@H](O[Si](C)(C)C(C)(C)C)[C@@H]1O[Si](c1ccccc1)(c1ccccc1)C(C)(C)C. The molecule has 2 fully saturated rings. The first-order chi connectivity index (χ1) is 26.3. The fraction of sp³-hybridized carbons (Fsp3) is 0.596. The lowest BCUT2D eigenvalue weighted by atomic mass is 9.90. The molecule has 5 rings (SSSR count). The summed E-state index contributed by atoms with van der Waals surface area (Å²) in [5.74, 6) is 0.152. The Morgan fingerprint density at radius 1 is 0.643 bits per heavy atom. The summed E-state index contributed by atoms with van der Waals surface area (Å²) in [5.41, 5.74) is 0.355. The second-order valence-electron chi connectivity index (χ2n) is 19.6. The molecule has 0 radical (unpaired) electrons. The molecule has 5 atom stereocenters. The molecular weight excluding hydrogens is 733 g/mol. The zero-order valence-corrected chi connectivity index (χ0v) is 38.1. The highest BCUT2D eigenvalue weighted by Crippen LogP contribution is 2.44. The number of esters is 1. The van der Waals surface area contributed by atoms with E-state index in [4.69, 9.17) is 27.8 Å². The van der Waals surface area contributed by atoms with Gasteiger partial charge in [0.1, 0.15) is 31.0 Å². The molecule has 0 amide bonds. The molecule has 1 aliphatic heterocycles. The Labute approximate surface area is 340 Å². The summed E-state index contributed by atoms with van der Waals surface area (Å²) in [6, 6.07) is 31.5. The van der Waals surface area contributed by atoms with E-state index in [0.717, 1.165) is 28.8 Å². The Balaban J connectivity index is 1.70. The predicted octanol–water partition coefficient (Wildman–Crippen LogP) is 9.82. The van der Waals surface area contributed by atoms with Crippen LogP contribution >= 0.6 is 0 Å². The summed E-state index contributed by atoms with van der Waals surface area (Å²) in [6.07, 6.45) is 2.57. The van der Waals surface area contributed by atoms with Crippen LogP contribution in [0.2, 0.25) is 23.2 Å².